The molecule has 2 aromatic heterocycles. The number of nitrogens with two attached hydrogens (primary N) is 1. The van der Waals surface area contributed by atoms with E-state index in [0.717, 1.165) is 36.5 Å². The Labute approximate surface area is 134 Å². The van der Waals surface area contributed by atoms with Gasteiger partial charge in [-0.05, 0) is 31.4 Å². The molecule has 1 aliphatic heterocycles. The van der Waals surface area contributed by atoms with Gasteiger partial charge in [-0.15, -0.1) is 11.8 Å². The number of fused-ring (bicyclic) bond motifs is 1. The van der Waals surface area contributed by atoms with E-state index < -0.39 is 0 Å². The molecule has 1 saturated heterocycles. The van der Waals surface area contributed by atoms with Gasteiger partial charge in [0.15, 0.2) is 0 Å². The lowest BCUT2D eigenvalue weighted by Crippen LogP contribution is -2.40. The highest BCUT2D eigenvalue weighted by atomic mass is 32.2. The maximum atomic E-state index is 12.2. The Morgan fingerprint density at radius 3 is 3.14 bits per heavy atom. The van der Waals surface area contributed by atoms with Gasteiger partial charge in [0.05, 0.1) is 11.4 Å². The molecular weight excluding hydrogens is 296 g/mol. The standard InChI is InChI=1S/C16H22N4OS/c1-12-4-5-15-18-13(9-19(15)8-12)10-22-11-16(21)20-6-2-3-14(20)7-17/h4-5,8-9,14H,2-3,6-7,10-11,17H2,1H3. The molecule has 0 spiro atoms. The number of carbonyl (C=O) groups is 1. The number of hydrogen-bond donors (Lipinski definition) is 1. The van der Waals surface area contributed by atoms with Crippen LogP contribution in [0.2, 0.25) is 0 Å². The van der Waals surface area contributed by atoms with E-state index in [2.05, 4.69) is 24.2 Å². The predicted octanol–water partition coefficient (Wildman–Crippen LogP) is 1.83. The highest BCUT2D eigenvalue weighted by Gasteiger charge is 2.27. The van der Waals surface area contributed by atoms with Gasteiger partial charge in [-0.25, -0.2) is 4.98 Å². The van der Waals surface area contributed by atoms with E-state index in [0.29, 0.717) is 12.3 Å². The molecule has 0 bridgehead atoms. The second kappa shape index (κ2) is 6.71. The van der Waals surface area contributed by atoms with Crippen molar-refractivity contribution in [1.82, 2.24) is 14.3 Å². The van der Waals surface area contributed by atoms with Gasteiger partial charge in [-0.1, -0.05) is 6.07 Å². The molecule has 5 nitrogen and oxygen atoms in total. The first kappa shape index (κ1) is 15.4. The minimum Gasteiger partial charge on any atom is -0.338 e. The van der Waals surface area contributed by atoms with Crippen LogP contribution in [0.4, 0.5) is 0 Å². The highest BCUT2D eigenvalue weighted by molar-refractivity contribution is 7.99. The second-order valence-corrected chi connectivity index (χ2v) is 6.80. The van der Waals surface area contributed by atoms with Crippen molar-refractivity contribution in [3.05, 3.63) is 35.8 Å². The SMILES string of the molecule is Cc1ccc2nc(CSCC(=O)N3CCCC3CN)cn2c1. The predicted molar refractivity (Wildman–Crippen MR) is 89.9 cm³/mol. The van der Waals surface area contributed by atoms with E-state index in [1.165, 1.54) is 5.56 Å². The molecule has 6 heteroatoms. The first-order chi connectivity index (χ1) is 10.7. The maximum Gasteiger partial charge on any atom is 0.232 e. The summed E-state index contributed by atoms with van der Waals surface area (Å²) in [6, 6.07) is 4.32. The second-order valence-electron chi connectivity index (χ2n) is 5.82. The van der Waals surface area contributed by atoms with Crippen LogP contribution >= 0.6 is 11.8 Å². The van der Waals surface area contributed by atoms with Gasteiger partial charge in [0, 0.05) is 37.3 Å². The normalized spacial score (nSPS) is 18.3. The van der Waals surface area contributed by atoms with Gasteiger partial charge >= 0.3 is 0 Å². The lowest BCUT2D eigenvalue weighted by molar-refractivity contribution is -0.128. The van der Waals surface area contributed by atoms with E-state index in [1.807, 2.05) is 21.6 Å². The Balaban J connectivity index is 1.54. The van der Waals surface area contributed by atoms with Crippen molar-refractivity contribution in [3.8, 4) is 0 Å². The van der Waals surface area contributed by atoms with Gasteiger partial charge < -0.3 is 15.0 Å². The van der Waals surface area contributed by atoms with Crippen LogP contribution in [-0.2, 0) is 10.5 Å². The van der Waals surface area contributed by atoms with Crippen molar-refractivity contribution in [2.75, 3.05) is 18.8 Å². The van der Waals surface area contributed by atoms with Crippen LogP contribution < -0.4 is 5.73 Å². The van der Waals surface area contributed by atoms with Crippen molar-refractivity contribution in [1.29, 1.82) is 0 Å². The zero-order valence-electron chi connectivity index (χ0n) is 12.9. The van der Waals surface area contributed by atoms with Crippen molar-refractivity contribution >= 4 is 23.3 Å². The Kier molecular flexibility index (Phi) is 4.69. The molecule has 1 unspecified atom stereocenters. The summed E-state index contributed by atoms with van der Waals surface area (Å²) in [6.45, 7) is 3.49. The summed E-state index contributed by atoms with van der Waals surface area (Å²) in [7, 11) is 0. The minimum absolute atomic E-state index is 0.206. The van der Waals surface area contributed by atoms with Crippen LogP contribution in [0.1, 0.15) is 24.1 Å². The van der Waals surface area contributed by atoms with Crippen LogP contribution in [0, 0.1) is 6.92 Å². The number of imidazole rings is 1. The number of aromatic nitrogens is 2. The summed E-state index contributed by atoms with van der Waals surface area (Å²) in [6.07, 6.45) is 6.22. The molecule has 0 aliphatic carbocycles. The van der Waals surface area contributed by atoms with Gasteiger partial charge in [0.1, 0.15) is 5.65 Å². The third-order valence-electron chi connectivity index (χ3n) is 4.09. The van der Waals surface area contributed by atoms with E-state index in [4.69, 9.17) is 5.73 Å². The van der Waals surface area contributed by atoms with Crippen LogP contribution in [-0.4, -0.2) is 45.1 Å². The average Bonchev–Trinajstić information content (AvgIpc) is 3.12. The Morgan fingerprint density at radius 2 is 2.32 bits per heavy atom. The Bertz CT molecular complexity index is 669. The van der Waals surface area contributed by atoms with Crippen LogP contribution in [0.15, 0.2) is 24.5 Å². The molecule has 2 aromatic rings. The van der Waals surface area contributed by atoms with E-state index in [9.17, 15) is 4.79 Å². The summed E-state index contributed by atoms with van der Waals surface area (Å²) >= 11 is 1.63. The van der Waals surface area contributed by atoms with E-state index in [-0.39, 0.29) is 11.9 Å². The van der Waals surface area contributed by atoms with Crippen molar-refractivity contribution in [2.24, 2.45) is 5.73 Å². The average molecular weight is 318 g/mol. The smallest absolute Gasteiger partial charge is 0.232 e. The molecule has 118 valence electrons. The highest BCUT2D eigenvalue weighted by Crippen LogP contribution is 2.19. The molecule has 1 fully saturated rings. The maximum absolute atomic E-state index is 12.2. The van der Waals surface area contributed by atoms with Crippen molar-refractivity contribution < 1.29 is 4.79 Å². The summed E-state index contributed by atoms with van der Waals surface area (Å²) < 4.78 is 2.04. The lowest BCUT2D eigenvalue weighted by atomic mass is 10.2. The molecule has 0 aromatic carbocycles. The fourth-order valence-electron chi connectivity index (χ4n) is 2.96. The van der Waals surface area contributed by atoms with Crippen molar-refractivity contribution in [3.63, 3.8) is 0 Å². The number of hydrogen-bond acceptors (Lipinski definition) is 4. The summed E-state index contributed by atoms with van der Waals surface area (Å²) in [5.41, 5.74) is 8.90. The molecule has 0 saturated carbocycles. The molecule has 1 atom stereocenters. The molecule has 0 radical (unpaired) electrons. The molecule has 22 heavy (non-hydrogen) atoms. The number of nitrogens with zero attached hydrogens (tertiary/aromatic N) is 3. The van der Waals surface area contributed by atoms with Crippen LogP contribution in [0.5, 0.6) is 0 Å². The number of thioether (sulfide) groups is 1. The summed E-state index contributed by atoms with van der Waals surface area (Å²) in [5.74, 6) is 1.47. The van der Waals surface area contributed by atoms with Crippen molar-refractivity contribution in [2.45, 2.75) is 31.6 Å². The number of aryl methyl sites for hydroxylation is 1. The number of pyridine rings is 1. The van der Waals surface area contributed by atoms with Crippen LogP contribution in [0.3, 0.4) is 0 Å². The monoisotopic (exact) mass is 318 g/mol. The number of likely N-dealkylation sites (tertiary alicyclic amines) is 1. The molecular formula is C16H22N4OS. The van der Waals surface area contributed by atoms with Gasteiger partial charge in [-0.2, -0.15) is 0 Å². The number of rotatable bonds is 5. The number of carbonyl (C=O) groups excluding carboxylic acids is 1. The fraction of sp³-hybridized carbons (Fsp3) is 0.500. The topological polar surface area (TPSA) is 63.6 Å². The zero-order valence-corrected chi connectivity index (χ0v) is 13.7. The van der Waals surface area contributed by atoms with Gasteiger partial charge in [-0.3, -0.25) is 4.79 Å². The summed E-state index contributed by atoms with van der Waals surface area (Å²) in [4.78, 5) is 18.8. The first-order valence-corrected chi connectivity index (χ1v) is 8.84. The first-order valence-electron chi connectivity index (χ1n) is 7.69. The van der Waals surface area contributed by atoms with Gasteiger partial charge in [0.2, 0.25) is 5.91 Å². The van der Waals surface area contributed by atoms with Crippen LogP contribution in [0.25, 0.3) is 5.65 Å². The largest absolute Gasteiger partial charge is 0.338 e. The molecule has 2 N–H and O–H groups in total. The molecule has 1 aliphatic rings. The quantitative estimate of drug-likeness (QED) is 0.913. The Morgan fingerprint density at radius 1 is 1.45 bits per heavy atom. The fourth-order valence-corrected chi connectivity index (χ4v) is 3.75. The summed E-state index contributed by atoms with van der Waals surface area (Å²) in [5, 5.41) is 0. The molecule has 3 rings (SSSR count). The molecule has 3 heterocycles. The number of amides is 1. The Hall–Kier alpha value is -1.53. The molecule has 1 amide bonds. The minimum atomic E-state index is 0.206. The zero-order chi connectivity index (χ0) is 15.5. The van der Waals surface area contributed by atoms with E-state index in [1.54, 1.807) is 11.8 Å². The van der Waals surface area contributed by atoms with Gasteiger partial charge in [0.25, 0.3) is 0 Å². The third kappa shape index (κ3) is 3.28. The lowest BCUT2D eigenvalue weighted by Gasteiger charge is -2.23. The third-order valence-corrected chi connectivity index (χ3v) is 5.04. The van der Waals surface area contributed by atoms with E-state index >= 15 is 0 Å².